The molecule has 0 atom stereocenters. The van der Waals surface area contributed by atoms with Gasteiger partial charge in [-0.05, 0) is 29.6 Å². The summed E-state index contributed by atoms with van der Waals surface area (Å²) in [4.78, 5) is 24.4. The van der Waals surface area contributed by atoms with Crippen molar-refractivity contribution in [2.75, 3.05) is 6.54 Å². The molecule has 0 aliphatic rings. The van der Waals surface area contributed by atoms with E-state index in [0.29, 0.717) is 5.02 Å². The van der Waals surface area contributed by atoms with E-state index in [-0.39, 0.29) is 17.1 Å². The Kier molecular flexibility index (Phi) is 5.94. The smallest absolute Gasteiger partial charge is 0.259 e. The van der Waals surface area contributed by atoms with Crippen molar-refractivity contribution < 1.29 is 9.59 Å². The number of carbonyl (C=O) groups excluding carboxylic acids is 2. The van der Waals surface area contributed by atoms with Gasteiger partial charge in [0.05, 0.1) is 23.3 Å². The Labute approximate surface area is 140 Å². The van der Waals surface area contributed by atoms with E-state index in [1.165, 1.54) is 29.7 Å². The van der Waals surface area contributed by atoms with Crippen molar-refractivity contribution in [3.05, 3.63) is 56.2 Å². The van der Waals surface area contributed by atoms with Crippen LogP contribution < -0.4 is 10.7 Å². The van der Waals surface area contributed by atoms with Crippen LogP contribution in [0.4, 0.5) is 0 Å². The Morgan fingerprint density at radius 2 is 2.09 bits per heavy atom. The first kappa shape index (κ1) is 16.5. The molecule has 0 aliphatic carbocycles. The van der Waals surface area contributed by atoms with Crippen molar-refractivity contribution in [2.24, 2.45) is 5.10 Å². The zero-order chi connectivity index (χ0) is 15.9. The minimum Gasteiger partial charge on any atom is -0.343 e. The van der Waals surface area contributed by atoms with Gasteiger partial charge in [0.15, 0.2) is 0 Å². The second-order valence-electron chi connectivity index (χ2n) is 4.12. The average molecular weight is 356 g/mol. The minimum atomic E-state index is -0.482. The lowest BCUT2D eigenvalue weighted by molar-refractivity contribution is -0.120. The van der Waals surface area contributed by atoms with Crippen LogP contribution in [0.25, 0.3) is 0 Å². The van der Waals surface area contributed by atoms with Crippen molar-refractivity contribution in [3.63, 3.8) is 0 Å². The Morgan fingerprint density at radius 1 is 1.27 bits per heavy atom. The third-order valence-electron chi connectivity index (χ3n) is 2.51. The van der Waals surface area contributed by atoms with Crippen LogP contribution in [0.2, 0.25) is 10.0 Å². The molecule has 22 heavy (non-hydrogen) atoms. The van der Waals surface area contributed by atoms with Gasteiger partial charge in [-0.3, -0.25) is 9.59 Å². The van der Waals surface area contributed by atoms with E-state index in [1.807, 2.05) is 17.5 Å². The molecule has 0 saturated heterocycles. The lowest BCUT2D eigenvalue weighted by atomic mass is 10.2. The number of hydrazone groups is 1. The summed E-state index contributed by atoms with van der Waals surface area (Å²) in [5.74, 6) is -0.927. The molecule has 1 aromatic heterocycles. The lowest BCUT2D eigenvalue weighted by Gasteiger charge is -2.06. The van der Waals surface area contributed by atoms with Crippen molar-refractivity contribution in [1.82, 2.24) is 10.7 Å². The predicted molar refractivity (Wildman–Crippen MR) is 88.9 cm³/mol. The van der Waals surface area contributed by atoms with Crippen LogP contribution in [0.3, 0.4) is 0 Å². The topological polar surface area (TPSA) is 70.6 Å². The van der Waals surface area contributed by atoms with Crippen molar-refractivity contribution in [1.29, 1.82) is 0 Å². The maximum atomic E-state index is 11.9. The van der Waals surface area contributed by atoms with Gasteiger partial charge in [-0.15, -0.1) is 11.3 Å². The van der Waals surface area contributed by atoms with Gasteiger partial charge in [0.2, 0.25) is 0 Å². The van der Waals surface area contributed by atoms with Crippen LogP contribution >= 0.6 is 34.5 Å². The molecular weight excluding hydrogens is 345 g/mol. The molecule has 0 radical (unpaired) electrons. The van der Waals surface area contributed by atoms with Crippen molar-refractivity contribution in [3.8, 4) is 0 Å². The molecule has 2 N–H and O–H groups in total. The molecule has 2 rings (SSSR count). The Bertz CT molecular complexity index is 702. The van der Waals surface area contributed by atoms with Crippen LogP contribution in [0.1, 0.15) is 15.2 Å². The van der Waals surface area contributed by atoms with E-state index in [9.17, 15) is 9.59 Å². The maximum Gasteiger partial charge on any atom is 0.259 e. The van der Waals surface area contributed by atoms with Crippen molar-refractivity contribution >= 4 is 52.6 Å². The number of rotatable bonds is 5. The molecule has 2 amide bonds. The number of amides is 2. The third kappa shape index (κ3) is 4.84. The summed E-state index contributed by atoms with van der Waals surface area (Å²) in [5.41, 5.74) is 2.53. The molecule has 8 heteroatoms. The van der Waals surface area contributed by atoms with Crippen LogP contribution in [-0.4, -0.2) is 24.6 Å². The highest BCUT2D eigenvalue weighted by atomic mass is 35.5. The number of halogens is 2. The predicted octanol–water partition coefficient (Wildman–Crippen LogP) is 2.94. The summed E-state index contributed by atoms with van der Waals surface area (Å²) in [6, 6.07) is 8.27. The molecule has 5 nitrogen and oxygen atoms in total. The number of nitrogens with zero attached hydrogens (tertiary/aromatic N) is 1. The standard InChI is InChI=1S/C14H11Cl2N3O2S/c15-9-3-4-12(16)11(6-9)14(21)17-8-13(20)19-18-7-10-2-1-5-22-10/h1-7H,8H2,(H,17,21)(H,19,20)/b18-7+. The summed E-state index contributed by atoms with van der Waals surface area (Å²) in [6.07, 6.45) is 1.53. The molecule has 0 saturated carbocycles. The van der Waals surface area contributed by atoms with Gasteiger partial charge in [-0.1, -0.05) is 29.3 Å². The highest BCUT2D eigenvalue weighted by Crippen LogP contribution is 2.20. The van der Waals surface area contributed by atoms with E-state index < -0.39 is 11.8 Å². The van der Waals surface area contributed by atoms with Gasteiger partial charge in [-0.25, -0.2) is 5.43 Å². The number of thiophene rings is 1. The number of hydrogen-bond acceptors (Lipinski definition) is 4. The molecule has 2 aromatic rings. The largest absolute Gasteiger partial charge is 0.343 e. The molecule has 0 bridgehead atoms. The summed E-state index contributed by atoms with van der Waals surface area (Å²) in [5, 5.41) is 8.78. The molecule has 0 aliphatic heterocycles. The average Bonchev–Trinajstić information content (AvgIpc) is 3.00. The lowest BCUT2D eigenvalue weighted by Crippen LogP contribution is -2.35. The van der Waals surface area contributed by atoms with E-state index >= 15 is 0 Å². The fourth-order valence-electron chi connectivity index (χ4n) is 1.50. The Hall–Kier alpha value is -1.89. The number of benzene rings is 1. The minimum absolute atomic E-state index is 0.212. The maximum absolute atomic E-state index is 11.9. The molecule has 0 spiro atoms. The summed E-state index contributed by atoms with van der Waals surface area (Å²) >= 11 is 13.2. The van der Waals surface area contributed by atoms with Crippen LogP contribution in [0.15, 0.2) is 40.8 Å². The van der Waals surface area contributed by atoms with Gasteiger partial charge in [-0.2, -0.15) is 5.10 Å². The molecule has 0 fully saturated rings. The fraction of sp³-hybridized carbons (Fsp3) is 0.0714. The SMILES string of the molecule is O=C(CNC(=O)c1cc(Cl)ccc1Cl)N/N=C/c1cccs1. The first-order chi connectivity index (χ1) is 10.6. The Morgan fingerprint density at radius 3 is 2.82 bits per heavy atom. The third-order valence-corrected chi connectivity index (χ3v) is 3.88. The highest BCUT2D eigenvalue weighted by Gasteiger charge is 2.12. The van der Waals surface area contributed by atoms with Crippen LogP contribution in [0.5, 0.6) is 0 Å². The number of hydrogen-bond donors (Lipinski definition) is 2. The van der Waals surface area contributed by atoms with Crippen LogP contribution in [-0.2, 0) is 4.79 Å². The second-order valence-corrected chi connectivity index (χ2v) is 5.94. The number of carbonyl (C=O) groups is 2. The molecule has 1 aromatic carbocycles. The van der Waals surface area contributed by atoms with Gasteiger partial charge in [0.25, 0.3) is 11.8 Å². The van der Waals surface area contributed by atoms with E-state index in [0.717, 1.165) is 4.88 Å². The van der Waals surface area contributed by atoms with Crippen LogP contribution in [0, 0.1) is 0 Å². The van der Waals surface area contributed by atoms with Gasteiger partial charge < -0.3 is 5.32 Å². The van der Waals surface area contributed by atoms with Gasteiger partial charge in [0, 0.05) is 9.90 Å². The van der Waals surface area contributed by atoms with Gasteiger partial charge in [0.1, 0.15) is 0 Å². The van der Waals surface area contributed by atoms with E-state index in [2.05, 4.69) is 15.8 Å². The normalized spacial score (nSPS) is 10.6. The fourth-order valence-corrected chi connectivity index (χ4v) is 2.46. The monoisotopic (exact) mass is 355 g/mol. The van der Waals surface area contributed by atoms with E-state index in [1.54, 1.807) is 6.07 Å². The van der Waals surface area contributed by atoms with E-state index in [4.69, 9.17) is 23.2 Å². The molecule has 1 heterocycles. The Balaban J connectivity index is 1.83. The second kappa shape index (κ2) is 7.93. The molecular formula is C14H11Cl2N3O2S. The number of nitrogens with one attached hydrogen (secondary N) is 2. The van der Waals surface area contributed by atoms with Crippen molar-refractivity contribution in [2.45, 2.75) is 0 Å². The summed E-state index contributed by atoms with van der Waals surface area (Å²) < 4.78 is 0. The zero-order valence-electron chi connectivity index (χ0n) is 11.2. The van der Waals surface area contributed by atoms with Gasteiger partial charge >= 0.3 is 0 Å². The summed E-state index contributed by atoms with van der Waals surface area (Å²) in [6.45, 7) is -0.219. The highest BCUT2D eigenvalue weighted by molar-refractivity contribution is 7.11. The quantitative estimate of drug-likeness (QED) is 0.639. The molecule has 114 valence electrons. The first-order valence-electron chi connectivity index (χ1n) is 6.15. The first-order valence-corrected chi connectivity index (χ1v) is 7.78. The summed E-state index contributed by atoms with van der Waals surface area (Å²) in [7, 11) is 0. The molecule has 0 unspecified atom stereocenters. The zero-order valence-corrected chi connectivity index (χ0v) is 13.5.